The Morgan fingerprint density at radius 2 is 1.18 bits per heavy atom. The minimum Gasteiger partial charge on any atom is -0.243 e. The summed E-state index contributed by atoms with van der Waals surface area (Å²) < 4.78 is 0. The third-order valence-electron chi connectivity index (χ3n) is 2.46. The molecule has 2 aromatic rings. The van der Waals surface area contributed by atoms with Crippen LogP contribution in [-0.4, -0.2) is 5.11 Å². The monoisotopic (exact) mass is 243 g/mol. The van der Waals surface area contributed by atoms with E-state index in [0.29, 0.717) is 5.11 Å². The van der Waals surface area contributed by atoms with Crippen molar-refractivity contribution in [2.45, 2.75) is 5.25 Å². The number of benzene rings is 2. The molecule has 0 fully saturated rings. The molecule has 0 atom stereocenters. The van der Waals surface area contributed by atoms with E-state index in [4.69, 9.17) is 11.5 Å². The van der Waals surface area contributed by atoms with Gasteiger partial charge < -0.3 is 0 Å². The van der Waals surface area contributed by atoms with Gasteiger partial charge in [0.2, 0.25) is 16.6 Å². The normalized spacial score (nSPS) is 10.3. The van der Waals surface area contributed by atoms with E-state index in [9.17, 15) is 0 Å². The van der Waals surface area contributed by atoms with Crippen molar-refractivity contribution in [2.24, 2.45) is 11.5 Å². The summed E-state index contributed by atoms with van der Waals surface area (Å²) in [5, 5.41) is 0.546. The minimum atomic E-state index is 0.155. The van der Waals surface area contributed by atoms with Gasteiger partial charge in [0.15, 0.2) is 0 Å². The predicted octanol–water partition coefficient (Wildman–Crippen LogP) is 1.86. The fourth-order valence-electron chi connectivity index (χ4n) is 1.72. The van der Waals surface area contributed by atoms with Crippen LogP contribution < -0.4 is 11.5 Å². The van der Waals surface area contributed by atoms with Crippen molar-refractivity contribution >= 4 is 16.5 Å². The minimum absolute atomic E-state index is 0.155. The highest BCUT2D eigenvalue weighted by molar-refractivity contribution is 7.79. The lowest BCUT2D eigenvalue weighted by Gasteiger charge is -2.04. The highest BCUT2D eigenvalue weighted by atomic mass is 32.1. The van der Waals surface area contributed by atoms with E-state index < -0.39 is 0 Å². The van der Waals surface area contributed by atoms with Crippen molar-refractivity contribution in [3.63, 3.8) is 0 Å². The molecule has 0 saturated heterocycles. The average molecular weight is 243 g/mol. The Labute approximate surface area is 105 Å². The Bertz CT molecular complexity index is 451. The summed E-state index contributed by atoms with van der Waals surface area (Å²) in [6, 6.07) is 20.5. The van der Waals surface area contributed by atoms with Gasteiger partial charge >= 0.3 is 5.11 Å². The second kappa shape index (κ2) is 5.68. The van der Waals surface area contributed by atoms with Crippen LogP contribution in [0.5, 0.6) is 0 Å². The lowest BCUT2D eigenvalue weighted by atomic mass is 10.0. The van der Waals surface area contributed by atoms with Crippen LogP contribution in [-0.2, 0) is 11.4 Å². The van der Waals surface area contributed by atoms with Crippen molar-refractivity contribution in [2.75, 3.05) is 0 Å². The van der Waals surface area contributed by atoms with Gasteiger partial charge in [0.1, 0.15) is 0 Å². The highest BCUT2D eigenvalue weighted by Crippen LogP contribution is 2.23. The van der Waals surface area contributed by atoms with Crippen LogP contribution in [0.4, 0.5) is 0 Å². The maximum Gasteiger partial charge on any atom is 0.315 e. The molecule has 0 aliphatic carbocycles. The van der Waals surface area contributed by atoms with E-state index in [0.717, 1.165) is 0 Å². The van der Waals surface area contributed by atoms with Crippen LogP contribution >= 0.6 is 0 Å². The first-order valence-corrected chi connectivity index (χ1v) is 6.30. The molecule has 2 aromatic carbocycles. The smallest absolute Gasteiger partial charge is 0.243 e. The van der Waals surface area contributed by atoms with Crippen LogP contribution in [0.2, 0.25) is 0 Å². The zero-order chi connectivity index (χ0) is 12.1. The first-order chi connectivity index (χ1) is 8.27. The summed E-state index contributed by atoms with van der Waals surface area (Å²) in [5.74, 6) is 0. The summed E-state index contributed by atoms with van der Waals surface area (Å²) in [4.78, 5) is 0. The Morgan fingerprint density at radius 3 is 1.53 bits per heavy atom. The highest BCUT2D eigenvalue weighted by Gasteiger charge is 2.23. The molecular weight excluding hydrogens is 228 g/mol. The summed E-state index contributed by atoms with van der Waals surface area (Å²) in [6.07, 6.45) is 0. The number of hydrogen-bond donors (Lipinski definition) is 2. The third-order valence-corrected chi connectivity index (χ3v) is 3.51. The SMILES string of the molecule is NC(N)=[S+]C(c1ccccc1)c1ccccc1. The summed E-state index contributed by atoms with van der Waals surface area (Å²) in [6.45, 7) is 0. The molecular formula is C14H15N2S+. The maximum absolute atomic E-state index is 5.63. The van der Waals surface area contributed by atoms with Gasteiger partial charge in [-0.1, -0.05) is 60.7 Å². The van der Waals surface area contributed by atoms with Gasteiger partial charge in [-0.2, -0.15) is 0 Å². The Kier molecular flexibility index (Phi) is 3.98. The van der Waals surface area contributed by atoms with Gasteiger partial charge in [-0.05, 0) is 0 Å². The standard InChI is InChI=1S/C14H15N2S/c15-14(16)17-13(11-7-3-1-4-8-11)12-9-5-2-6-10-12/h1-10,13H,15-16H2/q+1. The Balaban J connectivity index is 2.43. The molecule has 0 unspecified atom stereocenters. The van der Waals surface area contributed by atoms with Crippen LogP contribution in [0.15, 0.2) is 60.7 Å². The molecule has 0 aliphatic rings. The molecule has 17 heavy (non-hydrogen) atoms. The van der Waals surface area contributed by atoms with Gasteiger partial charge in [-0.25, -0.2) is 11.5 Å². The molecule has 2 rings (SSSR count). The van der Waals surface area contributed by atoms with Gasteiger partial charge in [-0.3, -0.25) is 0 Å². The van der Waals surface area contributed by atoms with Crippen molar-refractivity contribution in [1.29, 1.82) is 0 Å². The summed E-state index contributed by atoms with van der Waals surface area (Å²) in [7, 11) is 0. The van der Waals surface area contributed by atoms with E-state index in [1.807, 2.05) is 36.4 Å². The molecule has 0 amide bonds. The largest absolute Gasteiger partial charge is 0.315 e. The van der Waals surface area contributed by atoms with E-state index in [2.05, 4.69) is 24.3 Å². The zero-order valence-corrected chi connectivity index (χ0v) is 10.2. The summed E-state index contributed by atoms with van der Waals surface area (Å²) >= 11 is 1.48. The van der Waals surface area contributed by atoms with Gasteiger partial charge in [0.25, 0.3) is 0 Å². The van der Waals surface area contributed by atoms with Crippen LogP contribution in [0, 0.1) is 0 Å². The fourth-order valence-corrected chi connectivity index (χ4v) is 2.58. The molecule has 2 nitrogen and oxygen atoms in total. The molecule has 0 radical (unpaired) electrons. The second-order valence-electron chi connectivity index (χ2n) is 3.72. The third kappa shape index (κ3) is 3.20. The quantitative estimate of drug-likeness (QED) is 0.638. The molecule has 0 heterocycles. The Morgan fingerprint density at radius 1 is 0.765 bits per heavy atom. The van der Waals surface area contributed by atoms with Crippen molar-refractivity contribution in [3.05, 3.63) is 71.8 Å². The van der Waals surface area contributed by atoms with Gasteiger partial charge in [0, 0.05) is 11.1 Å². The number of rotatable bonds is 3. The van der Waals surface area contributed by atoms with E-state index in [1.165, 1.54) is 22.5 Å². The fraction of sp³-hybridized carbons (Fsp3) is 0.0714. The van der Waals surface area contributed by atoms with E-state index >= 15 is 0 Å². The van der Waals surface area contributed by atoms with Gasteiger partial charge in [0.05, 0.1) is 0 Å². The van der Waals surface area contributed by atoms with Gasteiger partial charge in [-0.15, -0.1) is 0 Å². The van der Waals surface area contributed by atoms with E-state index in [-0.39, 0.29) is 5.25 Å². The summed E-state index contributed by atoms with van der Waals surface area (Å²) in [5.41, 5.74) is 13.7. The average Bonchev–Trinajstić information content (AvgIpc) is 2.38. The molecule has 4 N–H and O–H groups in total. The molecule has 0 spiro atoms. The predicted molar refractivity (Wildman–Crippen MR) is 75.5 cm³/mol. The van der Waals surface area contributed by atoms with Crippen LogP contribution in [0.3, 0.4) is 0 Å². The lowest BCUT2D eigenvalue weighted by molar-refractivity contribution is 1.16. The zero-order valence-electron chi connectivity index (χ0n) is 9.41. The van der Waals surface area contributed by atoms with Crippen LogP contribution in [0.25, 0.3) is 0 Å². The Hall–Kier alpha value is -1.55. The topological polar surface area (TPSA) is 52.0 Å². The molecule has 0 aromatic heterocycles. The maximum atomic E-state index is 5.63. The molecule has 0 aliphatic heterocycles. The lowest BCUT2D eigenvalue weighted by Crippen LogP contribution is -2.25. The van der Waals surface area contributed by atoms with Crippen LogP contribution in [0.1, 0.15) is 16.4 Å². The molecule has 0 bridgehead atoms. The first-order valence-electron chi connectivity index (χ1n) is 5.42. The second-order valence-corrected chi connectivity index (χ2v) is 4.90. The molecule has 0 saturated carbocycles. The van der Waals surface area contributed by atoms with Crippen molar-refractivity contribution in [1.82, 2.24) is 0 Å². The number of hydrogen-bond acceptors (Lipinski definition) is 0. The first kappa shape index (κ1) is 11.9. The number of nitrogens with two attached hydrogens (primary N) is 2. The molecule has 3 heteroatoms. The van der Waals surface area contributed by atoms with Crippen molar-refractivity contribution in [3.8, 4) is 0 Å². The van der Waals surface area contributed by atoms with E-state index in [1.54, 1.807) is 0 Å². The molecule has 86 valence electrons. The van der Waals surface area contributed by atoms with Crippen molar-refractivity contribution < 1.29 is 0 Å².